The molecule has 0 amide bonds. The molecule has 0 unspecified atom stereocenters. The number of halogens is 1. The summed E-state index contributed by atoms with van der Waals surface area (Å²) in [6.45, 7) is 5.57. The van der Waals surface area contributed by atoms with Gasteiger partial charge in [0.25, 0.3) is 0 Å². The molecule has 0 atom stereocenters. The first-order valence-electron chi connectivity index (χ1n) is 12.5. The molecule has 0 radical (unpaired) electrons. The number of aromatic nitrogens is 3. The van der Waals surface area contributed by atoms with Crippen LogP contribution >= 0.6 is 0 Å². The lowest BCUT2D eigenvalue weighted by molar-refractivity contribution is 0.122. The average molecular weight is 578 g/mol. The van der Waals surface area contributed by atoms with E-state index >= 15 is 0 Å². The Kier molecular flexibility index (Phi) is 8.94. The van der Waals surface area contributed by atoms with E-state index in [-0.39, 0.29) is 41.2 Å². The van der Waals surface area contributed by atoms with Crippen LogP contribution in [0.4, 0.5) is 39.0 Å². The molecule has 1 saturated heterocycles. The van der Waals surface area contributed by atoms with E-state index in [0.29, 0.717) is 49.8 Å². The van der Waals surface area contributed by atoms with Gasteiger partial charge in [0, 0.05) is 32.3 Å². The van der Waals surface area contributed by atoms with Crippen molar-refractivity contribution in [1.29, 1.82) is 0 Å². The first-order chi connectivity index (χ1) is 19.1. The molecule has 0 saturated carbocycles. The number of ether oxygens (including phenoxy) is 3. The minimum Gasteiger partial charge on any atom is -0.495 e. The molecule has 1 aromatic heterocycles. The Balaban J connectivity index is 0.00000462. The zero-order chi connectivity index (χ0) is 28.9. The first kappa shape index (κ1) is 28.9. The molecule has 15 heteroatoms. The predicted octanol–water partition coefficient (Wildman–Crippen LogP) is 4.34. The summed E-state index contributed by atoms with van der Waals surface area (Å²) in [6.07, 6.45) is -0.502. The second kappa shape index (κ2) is 12.4. The topological polar surface area (TPSA) is 167 Å². The lowest BCUT2D eigenvalue weighted by atomic mass is 10.1. The van der Waals surface area contributed by atoms with Crippen molar-refractivity contribution in [3.8, 4) is 11.5 Å². The highest BCUT2D eigenvalue weighted by Crippen LogP contribution is 2.40. The monoisotopic (exact) mass is 577 g/mol. The van der Waals surface area contributed by atoms with E-state index in [0.717, 1.165) is 5.56 Å². The van der Waals surface area contributed by atoms with Crippen molar-refractivity contribution >= 4 is 44.5 Å². The van der Waals surface area contributed by atoms with Gasteiger partial charge >= 0.3 is 6.08 Å². The number of azo groups is 1. The summed E-state index contributed by atoms with van der Waals surface area (Å²) in [6, 6.07) is 6.10. The van der Waals surface area contributed by atoms with Gasteiger partial charge in [0.15, 0.2) is 9.84 Å². The van der Waals surface area contributed by atoms with Gasteiger partial charge < -0.3 is 30.2 Å². The van der Waals surface area contributed by atoms with Gasteiger partial charge in [0.2, 0.25) is 11.9 Å². The molecule has 4 rings (SSSR count). The molecule has 1 fully saturated rings. The van der Waals surface area contributed by atoms with Gasteiger partial charge in [0.05, 0.1) is 38.9 Å². The summed E-state index contributed by atoms with van der Waals surface area (Å²) < 4.78 is 55.9. The number of hydrogen-bond acceptors (Lipinski definition) is 13. The van der Waals surface area contributed by atoms with Crippen LogP contribution in [0.3, 0.4) is 0 Å². The van der Waals surface area contributed by atoms with Gasteiger partial charge in [-0.05, 0) is 31.0 Å². The van der Waals surface area contributed by atoms with Crippen LogP contribution in [0, 0.1) is 13.0 Å². The second-order valence-corrected chi connectivity index (χ2v) is 10.9. The van der Waals surface area contributed by atoms with Crippen molar-refractivity contribution in [1.82, 2.24) is 15.0 Å². The number of rotatable bonds is 10. The van der Waals surface area contributed by atoms with E-state index in [1.807, 2.05) is 0 Å². The number of anilines is 4. The quantitative estimate of drug-likeness (QED) is 0.260. The van der Waals surface area contributed by atoms with E-state index in [2.05, 4.69) is 30.5 Å². The van der Waals surface area contributed by atoms with E-state index in [9.17, 15) is 12.8 Å². The number of nitrogens with two attached hydrogens (primary N) is 1. The van der Waals surface area contributed by atoms with E-state index in [1.54, 1.807) is 30.9 Å². The summed E-state index contributed by atoms with van der Waals surface area (Å²) in [4.78, 5) is 13.7. The van der Waals surface area contributed by atoms with Gasteiger partial charge in [-0.2, -0.15) is 19.3 Å². The minimum absolute atomic E-state index is 0. The lowest BCUT2D eigenvalue weighted by Crippen LogP contribution is -2.37. The fraction of sp³-hybridized carbons (Fsp3) is 0.400. The average Bonchev–Trinajstić information content (AvgIpc) is 2.93. The number of nitrogens with one attached hydrogen (secondary N) is 1. The fourth-order valence-electron chi connectivity index (χ4n) is 3.97. The third-order valence-electron chi connectivity index (χ3n) is 6.06. The van der Waals surface area contributed by atoms with Crippen molar-refractivity contribution in [3.63, 3.8) is 0 Å². The molecule has 216 valence electrons. The van der Waals surface area contributed by atoms with Crippen molar-refractivity contribution in [2.75, 3.05) is 62.2 Å². The first-order valence-corrected chi connectivity index (χ1v) is 14.1. The van der Waals surface area contributed by atoms with Gasteiger partial charge in [-0.1, -0.05) is 6.92 Å². The highest BCUT2D eigenvalue weighted by Gasteiger charge is 2.23. The van der Waals surface area contributed by atoms with Gasteiger partial charge in [0.1, 0.15) is 27.8 Å². The normalized spacial score (nSPS) is 14.0. The van der Waals surface area contributed by atoms with Crippen LogP contribution in [0.5, 0.6) is 11.5 Å². The van der Waals surface area contributed by atoms with Crippen LogP contribution in [-0.4, -0.2) is 69.6 Å². The molecule has 40 heavy (non-hydrogen) atoms. The summed E-state index contributed by atoms with van der Waals surface area (Å²) in [5.74, 6) is 0.398. The Morgan fingerprint density at radius 3 is 2.45 bits per heavy atom. The largest absolute Gasteiger partial charge is 0.495 e. The maximum absolute atomic E-state index is 14.3. The number of morpholine rings is 1. The fourth-order valence-corrected chi connectivity index (χ4v) is 5.47. The maximum atomic E-state index is 14.3. The smallest absolute Gasteiger partial charge is 0.315 e. The SMILES string of the molecule is CCCS(=O)(=O)c1cc(OC)c(N=Nc2cc(C)c(N)cc2Nc2nc(F)nc(N3CCOCC3)n2)cc1OC.[2HH]. The number of aryl methyl sites for hydroxylation is 1. The number of sulfone groups is 1. The summed E-state index contributed by atoms with van der Waals surface area (Å²) in [5.41, 5.74) is 8.24. The summed E-state index contributed by atoms with van der Waals surface area (Å²) in [5, 5.41) is 11.6. The zero-order valence-electron chi connectivity index (χ0n) is 22.6. The van der Waals surface area contributed by atoms with Gasteiger partial charge in [-0.25, -0.2) is 8.42 Å². The Bertz CT molecular complexity index is 1520. The number of nitrogen functional groups attached to an aromatic ring is 1. The van der Waals surface area contributed by atoms with E-state index in [4.69, 9.17) is 19.9 Å². The number of benzene rings is 2. The van der Waals surface area contributed by atoms with Crippen LogP contribution in [0.15, 0.2) is 39.4 Å². The zero-order valence-corrected chi connectivity index (χ0v) is 23.5. The molecule has 1 aliphatic heterocycles. The van der Waals surface area contributed by atoms with E-state index < -0.39 is 15.9 Å². The molecule has 3 aromatic rings. The summed E-state index contributed by atoms with van der Waals surface area (Å²) in [7, 11) is -0.823. The van der Waals surface area contributed by atoms with Gasteiger partial charge in [-0.3, -0.25) is 0 Å². The van der Waals surface area contributed by atoms with Crippen molar-refractivity contribution < 1.29 is 28.4 Å². The van der Waals surface area contributed by atoms with Crippen LogP contribution in [-0.2, 0) is 14.6 Å². The van der Waals surface area contributed by atoms with Crippen LogP contribution in [0.2, 0.25) is 0 Å². The van der Waals surface area contributed by atoms with E-state index in [1.165, 1.54) is 26.4 Å². The second-order valence-electron chi connectivity index (χ2n) is 8.87. The Hall–Kier alpha value is -4.11. The third kappa shape index (κ3) is 6.54. The standard InChI is InChI=1S/C25H31FN8O5S.H2/c1-5-10-40(35,36)22-14-20(37-3)19(13-21(22)38-4)33-32-18-11-15(2)16(27)12-17(18)28-24-29-23(26)30-25(31-24)34-6-8-39-9-7-34;/h11-14H,5-10,27H2,1-4H3,(H,28,29,30,31);1H/i;1+1. The molecule has 2 heterocycles. The molecule has 0 spiro atoms. The molecule has 0 aliphatic carbocycles. The number of methoxy groups -OCH3 is 2. The Labute approximate surface area is 233 Å². The minimum atomic E-state index is -3.60. The highest BCUT2D eigenvalue weighted by molar-refractivity contribution is 7.91. The van der Waals surface area contributed by atoms with Crippen molar-refractivity contribution in [2.24, 2.45) is 10.2 Å². The van der Waals surface area contributed by atoms with Crippen molar-refractivity contribution in [2.45, 2.75) is 25.2 Å². The molecular weight excluding hydrogens is 543 g/mol. The molecular formula is C25H33FN8O5S. The Morgan fingerprint density at radius 1 is 1.07 bits per heavy atom. The van der Waals surface area contributed by atoms with Crippen LogP contribution in [0.1, 0.15) is 20.3 Å². The maximum Gasteiger partial charge on any atom is 0.315 e. The van der Waals surface area contributed by atoms with Crippen molar-refractivity contribution in [3.05, 3.63) is 35.9 Å². The number of hydrogen-bond donors (Lipinski definition) is 2. The molecule has 0 bridgehead atoms. The number of nitrogens with zero attached hydrogens (tertiary/aromatic N) is 6. The van der Waals surface area contributed by atoms with Crippen LogP contribution in [0.25, 0.3) is 0 Å². The predicted molar refractivity (Wildman–Crippen MR) is 150 cm³/mol. The molecule has 1 aliphatic rings. The molecule has 13 nitrogen and oxygen atoms in total. The molecule has 3 N–H and O–H groups in total. The summed E-state index contributed by atoms with van der Waals surface area (Å²) >= 11 is 0. The Morgan fingerprint density at radius 2 is 1.77 bits per heavy atom. The lowest BCUT2D eigenvalue weighted by Gasteiger charge is -2.26. The third-order valence-corrected chi connectivity index (χ3v) is 7.99. The highest BCUT2D eigenvalue weighted by atomic mass is 32.2. The van der Waals surface area contributed by atoms with Crippen LogP contribution < -0.4 is 25.4 Å². The molecule has 2 aromatic carbocycles. The van der Waals surface area contributed by atoms with Gasteiger partial charge in [-0.15, -0.1) is 10.2 Å².